The minimum atomic E-state index is -0.543. The predicted molar refractivity (Wildman–Crippen MR) is 70.6 cm³/mol. The molecule has 2 rings (SSSR count). The van der Waals surface area contributed by atoms with Crippen LogP contribution in [0.1, 0.15) is 17.3 Å². The molecule has 1 saturated heterocycles. The highest BCUT2D eigenvalue weighted by atomic mass is 35.5. The number of hydrogen-bond donors (Lipinski definition) is 3. The number of aromatic hydroxyl groups is 1. The van der Waals surface area contributed by atoms with Crippen molar-refractivity contribution in [2.75, 3.05) is 19.6 Å². The average molecular weight is 273 g/mol. The van der Waals surface area contributed by atoms with E-state index in [1.54, 1.807) is 12.1 Å². The van der Waals surface area contributed by atoms with Crippen LogP contribution in [0.4, 0.5) is 0 Å². The van der Waals surface area contributed by atoms with Crippen molar-refractivity contribution in [3.63, 3.8) is 0 Å². The first-order valence-corrected chi connectivity index (χ1v) is 5.56. The highest BCUT2D eigenvalue weighted by Crippen LogP contribution is 2.29. The summed E-state index contributed by atoms with van der Waals surface area (Å²) < 4.78 is 5.73. The van der Waals surface area contributed by atoms with E-state index in [9.17, 15) is 9.90 Å². The number of carbonyl (C=O) groups is 1. The van der Waals surface area contributed by atoms with Gasteiger partial charge in [0, 0.05) is 25.2 Å². The summed E-state index contributed by atoms with van der Waals surface area (Å²) in [6.07, 6.45) is 0.686. The SMILES string of the molecule is C[C@@]1(Oc2ccc(C=O)cc2O)CNCCN1.Cl. The topological polar surface area (TPSA) is 70.6 Å². The van der Waals surface area contributed by atoms with Crippen molar-refractivity contribution in [2.45, 2.75) is 12.6 Å². The van der Waals surface area contributed by atoms with E-state index in [4.69, 9.17) is 4.74 Å². The number of ether oxygens (including phenoxy) is 1. The second-order valence-electron chi connectivity index (χ2n) is 4.28. The molecule has 0 unspecified atom stereocenters. The molecule has 6 heteroatoms. The molecule has 1 fully saturated rings. The summed E-state index contributed by atoms with van der Waals surface area (Å²) in [4.78, 5) is 10.5. The Kier molecular flexibility index (Phi) is 4.95. The third-order valence-electron chi connectivity index (χ3n) is 2.72. The molecule has 0 saturated carbocycles. The standard InChI is InChI=1S/C12H16N2O3.ClH/c1-12(8-13-4-5-14-12)17-11-3-2-9(7-15)6-10(11)16;/h2-3,6-7,13-14,16H,4-5,8H2,1H3;1H/t12-;/m1./s1. The highest BCUT2D eigenvalue weighted by molar-refractivity contribution is 5.85. The summed E-state index contributed by atoms with van der Waals surface area (Å²) in [5, 5.41) is 16.2. The summed E-state index contributed by atoms with van der Waals surface area (Å²) in [6, 6.07) is 4.60. The molecule has 0 amide bonds. The van der Waals surface area contributed by atoms with Gasteiger partial charge in [0.15, 0.2) is 17.2 Å². The van der Waals surface area contributed by atoms with E-state index in [2.05, 4.69) is 10.6 Å². The third-order valence-corrected chi connectivity index (χ3v) is 2.72. The van der Waals surface area contributed by atoms with Crippen molar-refractivity contribution in [3.05, 3.63) is 23.8 Å². The number of halogens is 1. The van der Waals surface area contributed by atoms with Crippen LogP contribution in [-0.4, -0.2) is 36.8 Å². The average Bonchev–Trinajstić information content (AvgIpc) is 2.32. The zero-order chi connectivity index (χ0) is 12.3. The molecule has 1 aliphatic heterocycles. The summed E-state index contributed by atoms with van der Waals surface area (Å²) in [5.74, 6) is 0.345. The van der Waals surface area contributed by atoms with Gasteiger partial charge in [-0.2, -0.15) is 0 Å². The first kappa shape index (κ1) is 14.8. The van der Waals surface area contributed by atoms with Crippen molar-refractivity contribution < 1.29 is 14.6 Å². The maximum absolute atomic E-state index is 10.5. The molecular weight excluding hydrogens is 256 g/mol. The fourth-order valence-corrected chi connectivity index (χ4v) is 1.81. The van der Waals surface area contributed by atoms with E-state index in [1.807, 2.05) is 6.92 Å². The third kappa shape index (κ3) is 3.35. The molecule has 1 aliphatic rings. The predicted octanol–water partition coefficient (Wildman–Crippen LogP) is 0.914. The van der Waals surface area contributed by atoms with E-state index >= 15 is 0 Å². The number of benzene rings is 1. The molecule has 1 aromatic carbocycles. The monoisotopic (exact) mass is 272 g/mol. The van der Waals surface area contributed by atoms with Gasteiger partial charge < -0.3 is 15.2 Å². The van der Waals surface area contributed by atoms with Gasteiger partial charge in [0.2, 0.25) is 0 Å². The normalized spacial score (nSPS) is 22.9. The number of phenols is 1. The Morgan fingerprint density at radius 1 is 1.44 bits per heavy atom. The minimum Gasteiger partial charge on any atom is -0.504 e. The van der Waals surface area contributed by atoms with Gasteiger partial charge in [-0.15, -0.1) is 12.4 Å². The Morgan fingerprint density at radius 2 is 2.22 bits per heavy atom. The van der Waals surface area contributed by atoms with Crippen LogP contribution < -0.4 is 15.4 Å². The lowest BCUT2D eigenvalue weighted by Gasteiger charge is -2.35. The molecule has 0 radical (unpaired) electrons. The van der Waals surface area contributed by atoms with E-state index in [-0.39, 0.29) is 18.2 Å². The van der Waals surface area contributed by atoms with Crippen LogP contribution in [0.25, 0.3) is 0 Å². The molecule has 0 bridgehead atoms. The molecule has 5 nitrogen and oxygen atoms in total. The van der Waals surface area contributed by atoms with Gasteiger partial charge in [0.25, 0.3) is 0 Å². The van der Waals surface area contributed by atoms with Gasteiger partial charge in [-0.25, -0.2) is 0 Å². The van der Waals surface area contributed by atoms with Crippen LogP contribution in [0.15, 0.2) is 18.2 Å². The number of carbonyl (C=O) groups excluding carboxylic acids is 1. The van der Waals surface area contributed by atoms with Gasteiger partial charge in [-0.05, 0) is 25.1 Å². The lowest BCUT2D eigenvalue weighted by atomic mass is 10.2. The van der Waals surface area contributed by atoms with Crippen molar-refractivity contribution >= 4 is 18.7 Å². The molecule has 1 aromatic rings. The number of piperazine rings is 1. The van der Waals surface area contributed by atoms with Crippen LogP contribution in [0.2, 0.25) is 0 Å². The van der Waals surface area contributed by atoms with Gasteiger partial charge in [-0.1, -0.05) is 0 Å². The molecule has 3 N–H and O–H groups in total. The summed E-state index contributed by atoms with van der Waals surface area (Å²) in [6.45, 7) is 4.27. The molecular formula is C12H17ClN2O3. The molecule has 1 atom stereocenters. The summed E-state index contributed by atoms with van der Waals surface area (Å²) in [7, 11) is 0. The van der Waals surface area contributed by atoms with E-state index < -0.39 is 5.72 Å². The van der Waals surface area contributed by atoms with E-state index in [0.29, 0.717) is 24.1 Å². The fraction of sp³-hybridized carbons (Fsp3) is 0.417. The second kappa shape index (κ2) is 6.04. The Hall–Kier alpha value is -1.30. The van der Waals surface area contributed by atoms with Crippen LogP contribution in [-0.2, 0) is 0 Å². The van der Waals surface area contributed by atoms with Crippen LogP contribution >= 0.6 is 12.4 Å². The molecule has 0 aromatic heterocycles. The zero-order valence-corrected chi connectivity index (χ0v) is 10.9. The molecule has 1 heterocycles. The maximum atomic E-state index is 10.5. The lowest BCUT2D eigenvalue weighted by Crippen LogP contribution is -2.60. The van der Waals surface area contributed by atoms with E-state index in [0.717, 1.165) is 13.1 Å². The smallest absolute Gasteiger partial charge is 0.170 e. The molecule has 0 spiro atoms. The lowest BCUT2D eigenvalue weighted by molar-refractivity contribution is 0.0356. The number of nitrogens with one attached hydrogen (secondary N) is 2. The number of aldehydes is 1. The Morgan fingerprint density at radius 3 is 2.78 bits per heavy atom. The van der Waals surface area contributed by atoms with Crippen molar-refractivity contribution in [1.29, 1.82) is 0 Å². The highest BCUT2D eigenvalue weighted by Gasteiger charge is 2.28. The minimum absolute atomic E-state index is 0. The quantitative estimate of drug-likeness (QED) is 0.714. The van der Waals surface area contributed by atoms with Crippen LogP contribution in [0.5, 0.6) is 11.5 Å². The number of hydrogen-bond acceptors (Lipinski definition) is 5. The van der Waals surface area contributed by atoms with Crippen LogP contribution in [0, 0.1) is 0 Å². The molecule has 0 aliphatic carbocycles. The number of phenolic OH excluding ortho intramolecular Hbond substituents is 1. The zero-order valence-electron chi connectivity index (χ0n) is 10.1. The maximum Gasteiger partial charge on any atom is 0.170 e. The van der Waals surface area contributed by atoms with Crippen molar-refractivity contribution in [3.8, 4) is 11.5 Å². The largest absolute Gasteiger partial charge is 0.504 e. The first-order valence-electron chi connectivity index (χ1n) is 5.56. The van der Waals surface area contributed by atoms with Crippen LogP contribution in [0.3, 0.4) is 0 Å². The van der Waals surface area contributed by atoms with Gasteiger partial charge >= 0.3 is 0 Å². The second-order valence-corrected chi connectivity index (χ2v) is 4.28. The van der Waals surface area contributed by atoms with Gasteiger partial charge in [-0.3, -0.25) is 10.1 Å². The Labute approximate surface area is 112 Å². The summed E-state index contributed by atoms with van der Waals surface area (Å²) in [5.41, 5.74) is -0.118. The Balaban J connectivity index is 0.00000162. The van der Waals surface area contributed by atoms with Crippen molar-refractivity contribution in [2.24, 2.45) is 0 Å². The fourth-order valence-electron chi connectivity index (χ4n) is 1.81. The van der Waals surface area contributed by atoms with E-state index in [1.165, 1.54) is 6.07 Å². The Bertz CT molecular complexity index is 420. The number of rotatable bonds is 3. The first-order chi connectivity index (χ1) is 8.13. The van der Waals surface area contributed by atoms with Gasteiger partial charge in [0.1, 0.15) is 6.29 Å². The molecule has 100 valence electrons. The van der Waals surface area contributed by atoms with Gasteiger partial charge in [0.05, 0.1) is 0 Å². The molecule has 18 heavy (non-hydrogen) atoms. The summed E-state index contributed by atoms with van der Waals surface area (Å²) >= 11 is 0. The van der Waals surface area contributed by atoms with Crippen molar-refractivity contribution in [1.82, 2.24) is 10.6 Å².